The molecule has 8 heavy (non-hydrogen) atoms. The molecular formula is C7H11Ti+2. The van der Waals surface area contributed by atoms with E-state index in [2.05, 4.69) is 0 Å². The summed E-state index contributed by atoms with van der Waals surface area (Å²) in [7, 11) is 0. The van der Waals surface area contributed by atoms with Crippen molar-refractivity contribution in [3.8, 4) is 0 Å². The van der Waals surface area contributed by atoms with Gasteiger partial charge in [-0.3, -0.25) is 6.58 Å². The van der Waals surface area contributed by atoms with E-state index in [1.54, 1.807) is 0 Å². The average molecular weight is 143 g/mol. The van der Waals surface area contributed by atoms with Crippen LogP contribution in [-0.4, -0.2) is 0 Å². The van der Waals surface area contributed by atoms with Crippen LogP contribution in [0.25, 0.3) is 0 Å². The largest absolute Gasteiger partial charge is 3.00 e. The zero-order valence-electron chi connectivity index (χ0n) is 5.65. The Morgan fingerprint density at radius 3 is 1.62 bits per heavy atom. The Morgan fingerprint density at radius 1 is 1.25 bits per heavy atom. The molecular weight excluding hydrogens is 132 g/mol. The Bertz CT molecular complexity index is 97.0. The molecule has 0 N–H and O–H groups in total. The minimum atomic E-state index is 0. The van der Waals surface area contributed by atoms with Crippen LogP contribution >= 0.6 is 0 Å². The fourth-order valence-corrected chi connectivity index (χ4v) is 0.455. The number of hydrogen-bond donors (Lipinski definition) is 0. The van der Waals surface area contributed by atoms with Crippen molar-refractivity contribution < 1.29 is 21.7 Å². The van der Waals surface area contributed by atoms with E-state index in [1.807, 2.05) is 26.8 Å². The van der Waals surface area contributed by atoms with Crippen molar-refractivity contribution in [1.29, 1.82) is 0 Å². The second-order valence-electron chi connectivity index (χ2n) is 1.97. The van der Waals surface area contributed by atoms with Crippen LogP contribution in [-0.2, 0) is 21.7 Å². The number of allylic oxidation sites excluding steroid dienone is 3. The fourth-order valence-electron chi connectivity index (χ4n) is 0.455. The van der Waals surface area contributed by atoms with E-state index >= 15 is 0 Å². The quantitative estimate of drug-likeness (QED) is 0.300. The van der Waals surface area contributed by atoms with Gasteiger partial charge in [0, 0.05) is 0 Å². The first-order valence-electron chi connectivity index (χ1n) is 2.37. The zero-order valence-corrected chi connectivity index (χ0v) is 7.22. The van der Waals surface area contributed by atoms with E-state index in [0.717, 1.165) is 5.57 Å². The third-order valence-corrected chi connectivity index (χ3v) is 0.516. The van der Waals surface area contributed by atoms with Crippen LogP contribution in [0.1, 0.15) is 20.8 Å². The summed E-state index contributed by atoms with van der Waals surface area (Å²) < 4.78 is 0. The minimum Gasteiger partial charge on any atom is -0.290 e. The van der Waals surface area contributed by atoms with Crippen LogP contribution in [0.15, 0.2) is 17.2 Å². The summed E-state index contributed by atoms with van der Waals surface area (Å²) in [6.45, 7) is 11.3. The molecule has 0 aliphatic heterocycles. The molecule has 0 rings (SSSR count). The molecule has 0 fully saturated rings. The summed E-state index contributed by atoms with van der Waals surface area (Å²) in [6, 6.07) is 0. The standard InChI is InChI=1S/C7H11.Ti/c1-6(2)5-7(3)4;/h1,5H,2-4H3;/q-1;+3. The molecule has 0 bridgehead atoms. The van der Waals surface area contributed by atoms with E-state index in [1.165, 1.54) is 5.57 Å². The molecule has 0 aliphatic carbocycles. The molecule has 0 saturated heterocycles. The molecule has 0 heterocycles. The third kappa shape index (κ3) is 9.50. The van der Waals surface area contributed by atoms with Gasteiger partial charge in [-0.25, -0.2) is 11.6 Å². The summed E-state index contributed by atoms with van der Waals surface area (Å²) in [6.07, 6.45) is 1.94. The van der Waals surface area contributed by atoms with Gasteiger partial charge in [0.2, 0.25) is 0 Å². The second-order valence-corrected chi connectivity index (χ2v) is 1.97. The van der Waals surface area contributed by atoms with Crippen LogP contribution in [0, 0.1) is 6.58 Å². The van der Waals surface area contributed by atoms with Crippen LogP contribution < -0.4 is 0 Å². The first-order valence-corrected chi connectivity index (χ1v) is 2.37. The monoisotopic (exact) mass is 143 g/mol. The van der Waals surface area contributed by atoms with Crippen molar-refractivity contribution in [3.05, 3.63) is 23.8 Å². The maximum Gasteiger partial charge on any atom is 3.00 e. The van der Waals surface area contributed by atoms with Gasteiger partial charge in [0.05, 0.1) is 0 Å². The predicted octanol–water partition coefficient (Wildman–Crippen LogP) is 2.33. The Hall–Kier alpha value is 0.194. The fraction of sp³-hybridized carbons (Fsp3) is 0.429. The maximum atomic E-state index is 5.33. The molecule has 0 amide bonds. The maximum absolute atomic E-state index is 5.33. The van der Waals surface area contributed by atoms with Crippen molar-refractivity contribution in [2.24, 2.45) is 0 Å². The molecule has 0 atom stereocenters. The SMILES string of the molecule is [CH-]=C(C)C=C(C)C.[Ti+3]. The average Bonchev–Trinajstić information content (AvgIpc) is 1.27. The predicted molar refractivity (Wildman–Crippen MR) is 32.9 cm³/mol. The van der Waals surface area contributed by atoms with Crippen molar-refractivity contribution in [2.75, 3.05) is 0 Å². The molecule has 0 unspecified atom stereocenters. The van der Waals surface area contributed by atoms with Gasteiger partial charge >= 0.3 is 21.7 Å². The Labute approximate surface area is 66.6 Å². The van der Waals surface area contributed by atoms with E-state index in [-0.39, 0.29) is 21.7 Å². The molecule has 0 saturated carbocycles. The Balaban J connectivity index is 0. The molecule has 0 nitrogen and oxygen atoms in total. The van der Waals surface area contributed by atoms with Gasteiger partial charge in [0.15, 0.2) is 0 Å². The van der Waals surface area contributed by atoms with Crippen molar-refractivity contribution >= 4 is 0 Å². The second kappa shape index (κ2) is 5.33. The van der Waals surface area contributed by atoms with E-state index < -0.39 is 0 Å². The normalized spacial score (nSPS) is 6.88. The Kier molecular flexibility index (Phi) is 7.37. The third-order valence-electron chi connectivity index (χ3n) is 0.516. The van der Waals surface area contributed by atoms with Crippen molar-refractivity contribution in [3.63, 3.8) is 0 Å². The summed E-state index contributed by atoms with van der Waals surface area (Å²) in [5, 5.41) is 0. The van der Waals surface area contributed by atoms with Gasteiger partial charge in [-0.05, 0) is 0 Å². The van der Waals surface area contributed by atoms with E-state index in [0.29, 0.717) is 0 Å². The van der Waals surface area contributed by atoms with Gasteiger partial charge < -0.3 is 0 Å². The Morgan fingerprint density at radius 2 is 1.62 bits per heavy atom. The van der Waals surface area contributed by atoms with Crippen LogP contribution in [0.3, 0.4) is 0 Å². The van der Waals surface area contributed by atoms with Crippen LogP contribution in [0.5, 0.6) is 0 Å². The van der Waals surface area contributed by atoms with Crippen molar-refractivity contribution in [1.82, 2.24) is 0 Å². The van der Waals surface area contributed by atoms with Gasteiger partial charge in [0.25, 0.3) is 0 Å². The molecule has 1 heteroatoms. The summed E-state index contributed by atoms with van der Waals surface area (Å²) in [4.78, 5) is 0. The van der Waals surface area contributed by atoms with Crippen LogP contribution in [0.2, 0.25) is 0 Å². The number of rotatable bonds is 1. The van der Waals surface area contributed by atoms with E-state index in [9.17, 15) is 0 Å². The molecule has 0 aromatic heterocycles. The molecule has 0 aromatic rings. The zero-order chi connectivity index (χ0) is 5.86. The molecule has 0 aliphatic rings. The van der Waals surface area contributed by atoms with Gasteiger partial charge in [-0.2, -0.15) is 5.57 Å². The van der Waals surface area contributed by atoms with Crippen LogP contribution in [0.4, 0.5) is 0 Å². The first-order chi connectivity index (χ1) is 3.13. The molecule has 0 spiro atoms. The minimum absolute atomic E-state index is 0. The molecule has 0 aromatic carbocycles. The van der Waals surface area contributed by atoms with Gasteiger partial charge in [0.1, 0.15) is 0 Å². The van der Waals surface area contributed by atoms with Gasteiger partial charge in [-0.15, -0.1) is 0 Å². The summed E-state index contributed by atoms with van der Waals surface area (Å²) in [5.74, 6) is 0. The van der Waals surface area contributed by atoms with Gasteiger partial charge in [-0.1, -0.05) is 20.8 Å². The van der Waals surface area contributed by atoms with E-state index in [4.69, 9.17) is 6.58 Å². The van der Waals surface area contributed by atoms with Crippen molar-refractivity contribution in [2.45, 2.75) is 20.8 Å². The summed E-state index contributed by atoms with van der Waals surface area (Å²) in [5.41, 5.74) is 2.13. The first kappa shape index (κ1) is 11.1. The summed E-state index contributed by atoms with van der Waals surface area (Å²) >= 11 is 0. The molecule has 1 radical (unpaired) electrons. The smallest absolute Gasteiger partial charge is 0.290 e. The topological polar surface area (TPSA) is 0 Å². The molecule has 41 valence electrons. The number of hydrogen-bond acceptors (Lipinski definition) is 0.